The first-order valence-corrected chi connectivity index (χ1v) is 9.06. The Labute approximate surface area is 146 Å². The van der Waals surface area contributed by atoms with Crippen molar-refractivity contribution in [2.24, 2.45) is 5.92 Å². The average molecular weight is 342 g/mol. The van der Waals surface area contributed by atoms with Crippen molar-refractivity contribution in [3.63, 3.8) is 0 Å². The van der Waals surface area contributed by atoms with Crippen LogP contribution in [0.4, 0.5) is 0 Å². The molecule has 3 rings (SSSR count). The molecule has 1 aromatic carbocycles. The van der Waals surface area contributed by atoms with Crippen LogP contribution in [0.15, 0.2) is 40.3 Å². The normalized spacial score (nSPS) is 11.4. The zero-order valence-electron chi connectivity index (χ0n) is 14.5. The molecular formula is C18H22N4OS. The van der Waals surface area contributed by atoms with E-state index in [-0.39, 0.29) is 0 Å². The van der Waals surface area contributed by atoms with E-state index in [1.807, 2.05) is 12.4 Å². The SMILES string of the molecule is Cc1ccc(-n2ccnc2SCc2noc(CC(C)C)n2)cc1C. The predicted molar refractivity (Wildman–Crippen MR) is 95.4 cm³/mol. The highest BCUT2D eigenvalue weighted by atomic mass is 32.2. The van der Waals surface area contributed by atoms with Crippen molar-refractivity contribution in [3.8, 4) is 5.69 Å². The number of hydrogen-bond acceptors (Lipinski definition) is 5. The van der Waals surface area contributed by atoms with E-state index in [0.29, 0.717) is 23.4 Å². The Balaban J connectivity index is 1.71. The highest BCUT2D eigenvalue weighted by Gasteiger charge is 2.11. The summed E-state index contributed by atoms with van der Waals surface area (Å²) in [7, 11) is 0. The summed E-state index contributed by atoms with van der Waals surface area (Å²) in [5.41, 5.74) is 3.68. The molecule has 0 fully saturated rings. The molecule has 6 heteroatoms. The summed E-state index contributed by atoms with van der Waals surface area (Å²) in [6, 6.07) is 6.43. The second-order valence-electron chi connectivity index (χ2n) is 6.34. The molecule has 0 saturated carbocycles. The minimum atomic E-state index is 0.509. The third kappa shape index (κ3) is 3.87. The van der Waals surface area contributed by atoms with Crippen LogP contribution in [0, 0.1) is 19.8 Å². The molecule has 0 atom stereocenters. The van der Waals surface area contributed by atoms with Crippen LogP contribution in [0.2, 0.25) is 0 Å². The van der Waals surface area contributed by atoms with Crippen LogP contribution in [-0.4, -0.2) is 19.7 Å². The molecule has 2 heterocycles. The van der Waals surface area contributed by atoms with Crippen molar-refractivity contribution < 1.29 is 4.52 Å². The number of aryl methyl sites for hydroxylation is 2. The van der Waals surface area contributed by atoms with Gasteiger partial charge in [-0.05, 0) is 43.0 Å². The summed E-state index contributed by atoms with van der Waals surface area (Å²) < 4.78 is 7.38. The van der Waals surface area contributed by atoms with Gasteiger partial charge in [-0.3, -0.25) is 4.57 Å². The Hall–Kier alpha value is -2.08. The molecule has 0 bridgehead atoms. The molecule has 0 radical (unpaired) electrons. The van der Waals surface area contributed by atoms with Gasteiger partial charge in [0, 0.05) is 24.5 Å². The van der Waals surface area contributed by atoms with Crippen LogP contribution in [-0.2, 0) is 12.2 Å². The van der Waals surface area contributed by atoms with Crippen molar-refractivity contribution >= 4 is 11.8 Å². The molecule has 0 saturated heterocycles. The first-order chi connectivity index (χ1) is 11.5. The van der Waals surface area contributed by atoms with Crippen LogP contribution in [0.5, 0.6) is 0 Å². The number of benzene rings is 1. The van der Waals surface area contributed by atoms with Gasteiger partial charge in [0.15, 0.2) is 11.0 Å². The molecule has 126 valence electrons. The van der Waals surface area contributed by atoms with Gasteiger partial charge in [0.25, 0.3) is 0 Å². The molecule has 0 aliphatic carbocycles. The van der Waals surface area contributed by atoms with Crippen LogP contribution >= 0.6 is 11.8 Å². The number of imidazole rings is 1. The molecular weight excluding hydrogens is 320 g/mol. The Morgan fingerprint density at radius 2 is 2.04 bits per heavy atom. The summed E-state index contributed by atoms with van der Waals surface area (Å²) in [5.74, 6) is 2.57. The van der Waals surface area contributed by atoms with Crippen LogP contribution in [0.25, 0.3) is 5.69 Å². The standard InChI is InChI=1S/C18H22N4OS/c1-12(2)9-17-20-16(21-23-17)11-24-18-19-7-8-22(18)15-6-5-13(3)14(4)10-15/h5-8,10,12H,9,11H2,1-4H3. The van der Waals surface area contributed by atoms with Gasteiger partial charge in [0.1, 0.15) is 0 Å². The lowest BCUT2D eigenvalue weighted by atomic mass is 10.1. The fourth-order valence-corrected chi connectivity index (χ4v) is 3.19. The quantitative estimate of drug-likeness (QED) is 0.623. The Bertz CT molecular complexity index is 822. The molecule has 0 N–H and O–H groups in total. The van der Waals surface area contributed by atoms with Crippen molar-refractivity contribution in [2.75, 3.05) is 0 Å². The van der Waals surface area contributed by atoms with E-state index < -0.39 is 0 Å². The zero-order valence-corrected chi connectivity index (χ0v) is 15.3. The molecule has 0 aliphatic rings. The van der Waals surface area contributed by atoms with Gasteiger partial charge < -0.3 is 4.52 Å². The Morgan fingerprint density at radius 1 is 1.21 bits per heavy atom. The van der Waals surface area contributed by atoms with Gasteiger partial charge in [-0.2, -0.15) is 4.98 Å². The maximum absolute atomic E-state index is 5.29. The second-order valence-corrected chi connectivity index (χ2v) is 7.28. The van der Waals surface area contributed by atoms with E-state index in [1.165, 1.54) is 11.1 Å². The van der Waals surface area contributed by atoms with Crippen molar-refractivity contribution in [2.45, 2.75) is 45.0 Å². The molecule has 2 aromatic heterocycles. The molecule has 5 nitrogen and oxygen atoms in total. The summed E-state index contributed by atoms with van der Waals surface area (Å²) in [6.07, 6.45) is 4.61. The van der Waals surface area contributed by atoms with E-state index >= 15 is 0 Å². The highest BCUT2D eigenvalue weighted by Crippen LogP contribution is 2.24. The minimum Gasteiger partial charge on any atom is -0.339 e. The van der Waals surface area contributed by atoms with Gasteiger partial charge in [-0.1, -0.05) is 36.8 Å². The summed E-state index contributed by atoms with van der Waals surface area (Å²) in [5, 5.41) is 4.98. The number of thioether (sulfide) groups is 1. The predicted octanol–water partition coefficient (Wildman–Crippen LogP) is 4.36. The van der Waals surface area contributed by atoms with Crippen LogP contribution < -0.4 is 0 Å². The largest absolute Gasteiger partial charge is 0.339 e. The van der Waals surface area contributed by atoms with Crippen molar-refractivity contribution in [1.82, 2.24) is 19.7 Å². The first kappa shape index (κ1) is 16.8. The van der Waals surface area contributed by atoms with Gasteiger partial charge in [0.05, 0.1) is 5.75 Å². The Kier molecular flexibility index (Phi) is 5.04. The molecule has 0 unspecified atom stereocenters. The van der Waals surface area contributed by atoms with Gasteiger partial charge >= 0.3 is 0 Å². The minimum absolute atomic E-state index is 0.509. The second kappa shape index (κ2) is 7.21. The highest BCUT2D eigenvalue weighted by molar-refractivity contribution is 7.98. The Morgan fingerprint density at radius 3 is 2.79 bits per heavy atom. The van der Waals surface area contributed by atoms with E-state index in [9.17, 15) is 0 Å². The average Bonchev–Trinajstić information content (AvgIpc) is 3.16. The monoisotopic (exact) mass is 342 g/mol. The fraction of sp³-hybridized carbons (Fsp3) is 0.389. The molecule has 24 heavy (non-hydrogen) atoms. The van der Waals surface area contributed by atoms with E-state index in [0.717, 1.165) is 17.3 Å². The zero-order chi connectivity index (χ0) is 17.1. The van der Waals surface area contributed by atoms with Crippen molar-refractivity contribution in [1.29, 1.82) is 0 Å². The third-order valence-corrected chi connectivity index (χ3v) is 4.76. The molecule has 0 spiro atoms. The number of aromatic nitrogens is 4. The summed E-state index contributed by atoms with van der Waals surface area (Å²) >= 11 is 1.61. The van der Waals surface area contributed by atoms with Gasteiger partial charge in [0.2, 0.25) is 5.89 Å². The van der Waals surface area contributed by atoms with E-state index in [4.69, 9.17) is 4.52 Å². The van der Waals surface area contributed by atoms with Gasteiger partial charge in [-0.15, -0.1) is 0 Å². The lowest BCUT2D eigenvalue weighted by Crippen LogP contribution is -1.97. The number of hydrogen-bond donors (Lipinski definition) is 0. The smallest absolute Gasteiger partial charge is 0.226 e. The van der Waals surface area contributed by atoms with Gasteiger partial charge in [-0.25, -0.2) is 4.98 Å². The third-order valence-electron chi connectivity index (χ3n) is 3.80. The van der Waals surface area contributed by atoms with E-state index in [1.54, 1.807) is 11.8 Å². The molecule has 0 amide bonds. The maximum atomic E-state index is 5.29. The fourth-order valence-electron chi connectivity index (χ4n) is 2.38. The number of rotatable bonds is 6. The number of nitrogens with zero attached hydrogens (tertiary/aromatic N) is 4. The van der Waals surface area contributed by atoms with Crippen LogP contribution in [0.1, 0.15) is 36.7 Å². The first-order valence-electron chi connectivity index (χ1n) is 8.08. The van der Waals surface area contributed by atoms with Crippen LogP contribution in [0.3, 0.4) is 0 Å². The summed E-state index contributed by atoms with van der Waals surface area (Å²) in [4.78, 5) is 8.90. The lowest BCUT2D eigenvalue weighted by molar-refractivity contribution is 0.360. The maximum Gasteiger partial charge on any atom is 0.226 e. The summed E-state index contributed by atoms with van der Waals surface area (Å²) in [6.45, 7) is 8.52. The van der Waals surface area contributed by atoms with E-state index in [2.05, 4.69) is 65.6 Å². The molecule has 0 aliphatic heterocycles. The lowest BCUT2D eigenvalue weighted by Gasteiger charge is -2.09. The van der Waals surface area contributed by atoms with Crippen molar-refractivity contribution in [3.05, 3.63) is 53.4 Å². The topological polar surface area (TPSA) is 56.7 Å². The molecule has 3 aromatic rings.